The van der Waals surface area contributed by atoms with Crippen LogP contribution in [0.15, 0.2) is 36.5 Å². The van der Waals surface area contributed by atoms with Gasteiger partial charge in [0.15, 0.2) is 5.82 Å². The normalized spacial score (nSPS) is 18.3. The number of amides is 1. The maximum atomic E-state index is 12.3. The number of rotatable bonds is 4. The molecule has 0 N–H and O–H groups in total. The van der Waals surface area contributed by atoms with Gasteiger partial charge in [-0.3, -0.25) is 4.79 Å². The zero-order valence-corrected chi connectivity index (χ0v) is 15.7. The molecule has 0 bridgehead atoms. The summed E-state index contributed by atoms with van der Waals surface area (Å²) in [7, 11) is 1.62. The average Bonchev–Trinajstić information content (AvgIpc) is 2.73. The van der Waals surface area contributed by atoms with E-state index in [1.165, 1.54) is 5.56 Å². The molecular weight excluding hydrogens is 342 g/mol. The van der Waals surface area contributed by atoms with Gasteiger partial charge in [-0.2, -0.15) is 0 Å². The molecule has 2 aliphatic rings. The monoisotopic (exact) mass is 367 g/mol. The molecule has 142 valence electrons. The Hall–Kier alpha value is -2.31. The molecule has 0 saturated carbocycles. The standard InChI is InChI=1S/C21H25N3O3/c1-26-13-8-18(25)24-11-9-21(10-12-24)19-17(7-14-27-21)15-22-20(23-19)16-5-3-2-4-6-16/h2-6,15H,7-14H2,1H3. The number of hydrogen-bond donors (Lipinski definition) is 0. The minimum atomic E-state index is -0.405. The van der Waals surface area contributed by atoms with Gasteiger partial charge in [0, 0.05) is 32.0 Å². The third kappa shape index (κ3) is 3.59. The number of carbonyl (C=O) groups is 1. The lowest BCUT2D eigenvalue weighted by atomic mass is 9.83. The highest BCUT2D eigenvalue weighted by atomic mass is 16.5. The van der Waals surface area contributed by atoms with E-state index in [4.69, 9.17) is 14.5 Å². The zero-order chi connectivity index (χ0) is 18.7. The Bertz CT molecular complexity index is 802. The minimum Gasteiger partial charge on any atom is -0.384 e. The van der Waals surface area contributed by atoms with E-state index >= 15 is 0 Å². The summed E-state index contributed by atoms with van der Waals surface area (Å²) in [6.07, 6.45) is 4.75. The average molecular weight is 367 g/mol. The molecule has 6 heteroatoms. The van der Waals surface area contributed by atoms with Crippen LogP contribution >= 0.6 is 0 Å². The van der Waals surface area contributed by atoms with Crippen LogP contribution in [0.2, 0.25) is 0 Å². The van der Waals surface area contributed by atoms with Gasteiger partial charge < -0.3 is 14.4 Å². The molecule has 1 amide bonds. The van der Waals surface area contributed by atoms with Crippen molar-refractivity contribution in [2.75, 3.05) is 33.4 Å². The topological polar surface area (TPSA) is 64.5 Å². The van der Waals surface area contributed by atoms with Gasteiger partial charge >= 0.3 is 0 Å². The number of ether oxygens (including phenoxy) is 2. The maximum absolute atomic E-state index is 12.3. The predicted octanol–water partition coefficient (Wildman–Crippen LogP) is 2.57. The first-order chi connectivity index (χ1) is 13.2. The molecule has 2 aliphatic heterocycles. The Morgan fingerprint density at radius 1 is 1.26 bits per heavy atom. The van der Waals surface area contributed by atoms with Gasteiger partial charge in [0.25, 0.3) is 0 Å². The summed E-state index contributed by atoms with van der Waals surface area (Å²) in [6.45, 7) is 2.52. The lowest BCUT2D eigenvalue weighted by Gasteiger charge is -2.44. The fourth-order valence-corrected chi connectivity index (χ4v) is 3.98. The number of methoxy groups -OCH3 is 1. The molecule has 27 heavy (non-hydrogen) atoms. The lowest BCUT2D eigenvalue weighted by molar-refractivity contribution is -0.142. The van der Waals surface area contributed by atoms with Crippen LogP contribution in [-0.2, 0) is 26.3 Å². The summed E-state index contributed by atoms with van der Waals surface area (Å²) in [5.74, 6) is 0.883. The van der Waals surface area contributed by atoms with E-state index in [0.29, 0.717) is 32.7 Å². The number of carbonyl (C=O) groups excluding carboxylic acids is 1. The smallest absolute Gasteiger partial charge is 0.224 e. The number of piperidine rings is 1. The quantitative estimate of drug-likeness (QED) is 0.831. The van der Waals surface area contributed by atoms with Crippen molar-refractivity contribution >= 4 is 5.91 Å². The Morgan fingerprint density at radius 3 is 2.78 bits per heavy atom. The maximum Gasteiger partial charge on any atom is 0.224 e. The van der Waals surface area contributed by atoms with Crippen LogP contribution in [0.1, 0.15) is 30.5 Å². The molecule has 1 spiro atoms. The van der Waals surface area contributed by atoms with Gasteiger partial charge in [-0.1, -0.05) is 30.3 Å². The Kier molecular flexibility index (Phi) is 5.18. The van der Waals surface area contributed by atoms with Crippen LogP contribution in [-0.4, -0.2) is 54.2 Å². The van der Waals surface area contributed by atoms with Crippen molar-refractivity contribution in [3.05, 3.63) is 47.8 Å². The molecule has 1 fully saturated rings. The Balaban J connectivity index is 1.57. The first-order valence-electron chi connectivity index (χ1n) is 9.54. The molecule has 6 nitrogen and oxygen atoms in total. The van der Waals surface area contributed by atoms with Gasteiger partial charge in [-0.05, 0) is 24.8 Å². The van der Waals surface area contributed by atoms with Crippen LogP contribution in [0, 0.1) is 0 Å². The number of nitrogens with zero attached hydrogens (tertiary/aromatic N) is 3. The molecule has 3 heterocycles. The second-order valence-corrected chi connectivity index (χ2v) is 7.15. The fraction of sp³-hybridized carbons (Fsp3) is 0.476. The van der Waals surface area contributed by atoms with Crippen molar-refractivity contribution in [3.8, 4) is 11.4 Å². The lowest BCUT2D eigenvalue weighted by Crippen LogP contribution is -2.49. The van der Waals surface area contributed by atoms with E-state index < -0.39 is 5.60 Å². The number of fused-ring (bicyclic) bond motifs is 2. The molecule has 2 aromatic rings. The van der Waals surface area contributed by atoms with Crippen molar-refractivity contribution < 1.29 is 14.3 Å². The van der Waals surface area contributed by atoms with Crippen molar-refractivity contribution in [1.82, 2.24) is 14.9 Å². The van der Waals surface area contributed by atoms with E-state index in [9.17, 15) is 4.79 Å². The summed E-state index contributed by atoms with van der Waals surface area (Å²) in [5.41, 5.74) is 2.78. The van der Waals surface area contributed by atoms with Crippen LogP contribution in [0.4, 0.5) is 0 Å². The number of benzene rings is 1. The first kappa shape index (κ1) is 18.1. The van der Waals surface area contributed by atoms with E-state index in [1.54, 1.807) is 7.11 Å². The van der Waals surface area contributed by atoms with Crippen molar-refractivity contribution in [2.24, 2.45) is 0 Å². The first-order valence-corrected chi connectivity index (χ1v) is 9.54. The van der Waals surface area contributed by atoms with E-state index in [1.807, 2.05) is 41.4 Å². The summed E-state index contributed by atoms with van der Waals surface area (Å²) in [4.78, 5) is 23.7. The second-order valence-electron chi connectivity index (χ2n) is 7.15. The minimum absolute atomic E-state index is 0.149. The highest BCUT2D eigenvalue weighted by Crippen LogP contribution is 2.41. The highest BCUT2D eigenvalue weighted by Gasteiger charge is 2.43. The van der Waals surface area contributed by atoms with Gasteiger partial charge in [0.1, 0.15) is 5.60 Å². The van der Waals surface area contributed by atoms with E-state index in [0.717, 1.165) is 36.3 Å². The third-order valence-electron chi connectivity index (χ3n) is 5.52. The number of hydrogen-bond acceptors (Lipinski definition) is 5. The summed E-state index contributed by atoms with van der Waals surface area (Å²) in [6, 6.07) is 10.0. The van der Waals surface area contributed by atoms with E-state index in [-0.39, 0.29) is 5.91 Å². The molecule has 0 aliphatic carbocycles. The molecule has 0 unspecified atom stereocenters. The zero-order valence-electron chi connectivity index (χ0n) is 15.7. The third-order valence-corrected chi connectivity index (χ3v) is 5.52. The van der Waals surface area contributed by atoms with Gasteiger partial charge in [0.2, 0.25) is 5.91 Å². The molecule has 1 aromatic carbocycles. The summed E-state index contributed by atoms with van der Waals surface area (Å²) < 4.78 is 11.3. The summed E-state index contributed by atoms with van der Waals surface area (Å²) >= 11 is 0. The van der Waals surface area contributed by atoms with Crippen LogP contribution in [0.5, 0.6) is 0 Å². The van der Waals surface area contributed by atoms with Gasteiger partial charge in [-0.15, -0.1) is 0 Å². The van der Waals surface area contributed by atoms with Crippen LogP contribution in [0.25, 0.3) is 11.4 Å². The molecular formula is C21H25N3O3. The summed E-state index contributed by atoms with van der Waals surface area (Å²) in [5, 5.41) is 0. The number of aromatic nitrogens is 2. The van der Waals surface area contributed by atoms with Crippen molar-refractivity contribution in [1.29, 1.82) is 0 Å². The number of likely N-dealkylation sites (tertiary alicyclic amines) is 1. The second kappa shape index (κ2) is 7.74. The highest BCUT2D eigenvalue weighted by molar-refractivity contribution is 5.76. The van der Waals surface area contributed by atoms with Gasteiger partial charge in [0.05, 0.1) is 25.3 Å². The molecule has 4 rings (SSSR count). The Labute approximate surface area is 159 Å². The SMILES string of the molecule is COCCC(=O)N1CCC2(CC1)OCCc1cnc(-c3ccccc3)nc12. The molecule has 0 radical (unpaired) electrons. The molecule has 1 aromatic heterocycles. The molecule has 1 saturated heterocycles. The van der Waals surface area contributed by atoms with Crippen molar-refractivity contribution in [2.45, 2.75) is 31.3 Å². The van der Waals surface area contributed by atoms with Crippen molar-refractivity contribution in [3.63, 3.8) is 0 Å². The van der Waals surface area contributed by atoms with Gasteiger partial charge in [-0.25, -0.2) is 9.97 Å². The fourth-order valence-electron chi connectivity index (χ4n) is 3.98. The van der Waals surface area contributed by atoms with Crippen LogP contribution in [0.3, 0.4) is 0 Å². The Morgan fingerprint density at radius 2 is 2.04 bits per heavy atom. The largest absolute Gasteiger partial charge is 0.384 e. The molecule has 0 atom stereocenters. The van der Waals surface area contributed by atoms with E-state index in [2.05, 4.69) is 4.98 Å². The predicted molar refractivity (Wildman–Crippen MR) is 101 cm³/mol. The van der Waals surface area contributed by atoms with Crippen LogP contribution < -0.4 is 0 Å².